The highest BCUT2D eigenvalue weighted by Gasteiger charge is 2.48. The van der Waals surface area contributed by atoms with Crippen molar-refractivity contribution in [3.8, 4) is 0 Å². The molecule has 1 saturated heterocycles. The topological polar surface area (TPSA) is 76.4 Å². The van der Waals surface area contributed by atoms with E-state index in [1.165, 1.54) is 0 Å². The lowest BCUT2D eigenvalue weighted by Crippen LogP contribution is -2.36. The Labute approximate surface area is 105 Å². The molecule has 1 amide bonds. The third-order valence-electron chi connectivity index (χ3n) is 3.29. The quantitative estimate of drug-likeness (QED) is 0.683. The van der Waals surface area contributed by atoms with Crippen LogP contribution in [0.1, 0.15) is 12.0 Å². The second-order valence-electron chi connectivity index (χ2n) is 4.28. The number of nitrogens with two attached hydrogens (primary N) is 1. The Hall–Kier alpha value is -1.30. The zero-order chi connectivity index (χ0) is 11.2. The Balaban J connectivity index is 0.00000108. The first-order chi connectivity index (χ1) is 7.71. The maximum Gasteiger partial charge on any atom is 0.234 e. The average Bonchev–Trinajstić information content (AvgIpc) is 2.87. The van der Waals surface area contributed by atoms with Crippen LogP contribution in [-0.4, -0.2) is 18.5 Å². The third kappa shape index (κ3) is 1.76. The molecule has 0 aliphatic carbocycles. The van der Waals surface area contributed by atoms with Crippen LogP contribution in [0.3, 0.4) is 0 Å². The molecule has 2 heterocycles. The summed E-state index contributed by atoms with van der Waals surface area (Å²) in [4.78, 5) is 16.8. The van der Waals surface area contributed by atoms with Gasteiger partial charge in [-0.3, -0.25) is 15.1 Å². The molecule has 0 radical (unpaired) electrons. The predicted molar refractivity (Wildman–Crippen MR) is 65.7 cm³/mol. The minimum Gasteiger partial charge on any atom is -0.368 e. The van der Waals surface area contributed by atoms with Crippen molar-refractivity contribution >= 4 is 24.0 Å². The molecular weight excluding hydrogens is 242 g/mol. The van der Waals surface area contributed by atoms with Crippen LogP contribution in [-0.2, 0) is 15.2 Å². The Morgan fingerprint density at radius 3 is 2.94 bits per heavy atom. The van der Waals surface area contributed by atoms with Gasteiger partial charge in [0, 0.05) is 18.5 Å². The molecule has 17 heavy (non-hydrogen) atoms. The largest absolute Gasteiger partial charge is 0.368 e. The van der Waals surface area contributed by atoms with Crippen molar-refractivity contribution in [1.29, 1.82) is 0 Å². The molecule has 1 fully saturated rings. The first-order valence-corrected chi connectivity index (χ1v) is 5.27. The Morgan fingerprint density at radius 2 is 2.24 bits per heavy atom. The van der Waals surface area contributed by atoms with E-state index in [2.05, 4.69) is 10.8 Å². The molecule has 5 nitrogen and oxygen atoms in total. The van der Waals surface area contributed by atoms with E-state index in [0.29, 0.717) is 13.0 Å². The monoisotopic (exact) mass is 255 g/mol. The van der Waals surface area contributed by atoms with Gasteiger partial charge < -0.3 is 11.1 Å². The van der Waals surface area contributed by atoms with E-state index in [1.54, 1.807) is 0 Å². The van der Waals surface area contributed by atoms with Gasteiger partial charge in [-0.1, -0.05) is 18.2 Å². The molecule has 2 aliphatic heterocycles. The number of amides is 1. The number of hydrogen-bond acceptors (Lipinski definition) is 4. The average molecular weight is 256 g/mol. The summed E-state index contributed by atoms with van der Waals surface area (Å²) in [5.74, 6) is -0.329. The van der Waals surface area contributed by atoms with Crippen molar-refractivity contribution in [3.05, 3.63) is 29.8 Å². The van der Waals surface area contributed by atoms with Gasteiger partial charge in [-0.15, -0.1) is 12.4 Å². The van der Waals surface area contributed by atoms with Crippen LogP contribution in [0.2, 0.25) is 0 Å². The lowest BCUT2D eigenvalue weighted by atomic mass is 9.91. The molecule has 2 unspecified atom stereocenters. The summed E-state index contributed by atoms with van der Waals surface area (Å²) in [5, 5.41) is 3.09. The number of nitrogens with one attached hydrogen (secondary N) is 2. The van der Waals surface area contributed by atoms with E-state index in [4.69, 9.17) is 10.6 Å². The fourth-order valence-electron chi connectivity index (χ4n) is 2.42. The summed E-state index contributed by atoms with van der Waals surface area (Å²) >= 11 is 0. The van der Waals surface area contributed by atoms with Gasteiger partial charge in [0.05, 0.1) is 11.7 Å². The SMILES string of the molecule is Cl.NC(=O)C1CC2(CN1)ONc1ccccc12. The number of rotatable bonds is 1. The summed E-state index contributed by atoms with van der Waals surface area (Å²) in [5.41, 5.74) is 9.80. The highest BCUT2D eigenvalue weighted by Crippen LogP contribution is 2.43. The number of para-hydroxylation sites is 1. The number of carbonyl (C=O) groups is 1. The number of carbonyl (C=O) groups excluding carboxylic acids is 1. The van der Waals surface area contributed by atoms with Crippen LogP contribution in [0, 0.1) is 0 Å². The van der Waals surface area contributed by atoms with Crippen molar-refractivity contribution in [1.82, 2.24) is 5.32 Å². The van der Waals surface area contributed by atoms with Crippen LogP contribution in [0.4, 0.5) is 5.69 Å². The minimum absolute atomic E-state index is 0. The molecule has 1 aromatic rings. The van der Waals surface area contributed by atoms with Crippen molar-refractivity contribution in [2.45, 2.75) is 18.1 Å². The number of anilines is 1. The molecule has 4 N–H and O–H groups in total. The number of hydrogen-bond donors (Lipinski definition) is 3. The van der Waals surface area contributed by atoms with Crippen LogP contribution in [0.25, 0.3) is 0 Å². The molecule has 0 saturated carbocycles. The molecule has 1 aromatic carbocycles. The van der Waals surface area contributed by atoms with Crippen LogP contribution >= 0.6 is 12.4 Å². The standard InChI is InChI=1S/C11H13N3O2.ClH/c12-10(15)9-5-11(6-13-9)7-3-1-2-4-8(7)14-16-11;/h1-4,9,13-14H,5-6H2,(H2,12,15);1H. The number of fused-ring (bicyclic) bond motifs is 2. The zero-order valence-corrected chi connectivity index (χ0v) is 9.92. The highest BCUT2D eigenvalue weighted by atomic mass is 35.5. The lowest BCUT2D eigenvalue weighted by Gasteiger charge is -2.20. The molecule has 1 spiro atoms. The van der Waals surface area contributed by atoms with Crippen molar-refractivity contribution in [2.24, 2.45) is 5.73 Å². The maximum absolute atomic E-state index is 11.1. The molecule has 92 valence electrons. The predicted octanol–water partition coefficient (Wildman–Crippen LogP) is 0.508. The lowest BCUT2D eigenvalue weighted by molar-refractivity contribution is -0.120. The molecule has 2 aliphatic rings. The van der Waals surface area contributed by atoms with Crippen LogP contribution < -0.4 is 16.5 Å². The summed E-state index contributed by atoms with van der Waals surface area (Å²) in [6.07, 6.45) is 0.576. The summed E-state index contributed by atoms with van der Waals surface area (Å²) in [7, 11) is 0. The van der Waals surface area contributed by atoms with Gasteiger partial charge >= 0.3 is 0 Å². The van der Waals surface area contributed by atoms with E-state index in [-0.39, 0.29) is 24.4 Å². The molecule has 6 heteroatoms. The minimum atomic E-state index is -0.448. The Morgan fingerprint density at radius 1 is 1.47 bits per heavy atom. The van der Waals surface area contributed by atoms with E-state index < -0.39 is 5.60 Å². The Bertz CT molecular complexity index is 454. The van der Waals surface area contributed by atoms with E-state index in [9.17, 15) is 4.79 Å². The number of halogens is 1. The van der Waals surface area contributed by atoms with E-state index >= 15 is 0 Å². The molecule has 0 aromatic heterocycles. The molecule has 3 rings (SSSR count). The van der Waals surface area contributed by atoms with Gasteiger partial charge in [-0.25, -0.2) is 0 Å². The first-order valence-electron chi connectivity index (χ1n) is 5.27. The molecule has 0 bridgehead atoms. The second-order valence-corrected chi connectivity index (χ2v) is 4.28. The van der Waals surface area contributed by atoms with Gasteiger partial charge in [0.25, 0.3) is 0 Å². The molecular formula is C11H14ClN3O2. The molecule has 2 atom stereocenters. The van der Waals surface area contributed by atoms with Gasteiger partial charge in [0.1, 0.15) is 5.60 Å². The van der Waals surface area contributed by atoms with Gasteiger partial charge in [0.15, 0.2) is 0 Å². The zero-order valence-electron chi connectivity index (χ0n) is 9.10. The fraction of sp³-hybridized carbons (Fsp3) is 0.364. The van der Waals surface area contributed by atoms with Gasteiger partial charge in [-0.05, 0) is 6.07 Å². The number of primary amides is 1. The van der Waals surface area contributed by atoms with Crippen molar-refractivity contribution in [2.75, 3.05) is 12.0 Å². The normalized spacial score (nSPS) is 29.5. The summed E-state index contributed by atoms with van der Waals surface area (Å²) < 4.78 is 0. The highest BCUT2D eigenvalue weighted by molar-refractivity contribution is 5.85. The second kappa shape index (κ2) is 4.18. The third-order valence-corrected chi connectivity index (χ3v) is 3.29. The van der Waals surface area contributed by atoms with Crippen molar-refractivity contribution in [3.63, 3.8) is 0 Å². The van der Waals surface area contributed by atoms with E-state index in [1.807, 2.05) is 24.3 Å². The van der Waals surface area contributed by atoms with Gasteiger partial charge in [-0.2, -0.15) is 0 Å². The smallest absolute Gasteiger partial charge is 0.234 e. The first kappa shape index (κ1) is 12.2. The fourth-order valence-corrected chi connectivity index (χ4v) is 2.42. The number of benzene rings is 1. The maximum atomic E-state index is 11.1. The van der Waals surface area contributed by atoms with Crippen LogP contribution in [0.15, 0.2) is 24.3 Å². The Kier molecular flexibility index (Phi) is 2.99. The summed E-state index contributed by atoms with van der Waals surface area (Å²) in [6, 6.07) is 7.58. The van der Waals surface area contributed by atoms with Crippen molar-refractivity contribution < 1.29 is 9.63 Å². The van der Waals surface area contributed by atoms with Gasteiger partial charge in [0.2, 0.25) is 5.91 Å². The van der Waals surface area contributed by atoms with E-state index in [0.717, 1.165) is 11.3 Å². The van der Waals surface area contributed by atoms with Crippen LogP contribution in [0.5, 0.6) is 0 Å². The summed E-state index contributed by atoms with van der Waals surface area (Å²) in [6.45, 7) is 0.602.